The van der Waals surface area contributed by atoms with Crippen LogP contribution in [0.15, 0.2) is 18.6 Å². The highest BCUT2D eigenvalue weighted by atomic mass is 32.2. The van der Waals surface area contributed by atoms with Gasteiger partial charge in [-0.2, -0.15) is 31.0 Å². The Hall–Kier alpha value is -1.96. The third-order valence-corrected chi connectivity index (χ3v) is 5.97. The molecule has 1 unspecified atom stereocenters. The molecule has 28 heavy (non-hydrogen) atoms. The quantitative estimate of drug-likeness (QED) is 0.722. The summed E-state index contributed by atoms with van der Waals surface area (Å²) in [4.78, 5) is 6.24. The zero-order valence-corrected chi connectivity index (χ0v) is 15.9. The van der Waals surface area contributed by atoms with E-state index in [0.29, 0.717) is 23.2 Å². The van der Waals surface area contributed by atoms with E-state index in [1.54, 1.807) is 10.7 Å². The monoisotopic (exact) mass is 422 g/mol. The molecule has 1 fully saturated rings. The number of aliphatic hydroxyl groups is 1. The first-order valence-corrected chi connectivity index (χ1v) is 10.1. The molecule has 0 saturated carbocycles. The maximum Gasteiger partial charge on any atom is 0.415 e. The molecule has 2 aromatic heterocycles. The molecule has 0 aromatic carbocycles. The van der Waals surface area contributed by atoms with Gasteiger partial charge in [0.2, 0.25) is 0 Å². The van der Waals surface area contributed by atoms with E-state index in [4.69, 9.17) is 5.14 Å². The summed E-state index contributed by atoms with van der Waals surface area (Å²) in [5.74, 6) is 0.674. The minimum Gasteiger partial charge on any atom is -0.382 e. The summed E-state index contributed by atoms with van der Waals surface area (Å²) in [5, 5.41) is 18.5. The Morgan fingerprint density at radius 2 is 2.04 bits per heavy atom. The highest BCUT2D eigenvalue weighted by molar-refractivity contribution is 7.86. The summed E-state index contributed by atoms with van der Waals surface area (Å²) in [6, 6.07) is 1.15. The Labute approximate surface area is 159 Å². The van der Waals surface area contributed by atoms with Gasteiger partial charge in [0, 0.05) is 25.3 Å². The predicted octanol–water partition coefficient (Wildman–Crippen LogP) is 0.435. The normalized spacial score (nSPS) is 18.2. The average molecular weight is 422 g/mol. The fourth-order valence-electron chi connectivity index (χ4n) is 3.42. The number of hydrogen-bond acceptors (Lipinski definition) is 6. The molecular weight excluding hydrogens is 401 g/mol. The van der Waals surface area contributed by atoms with Crippen molar-refractivity contribution >= 4 is 21.5 Å². The Morgan fingerprint density at radius 3 is 2.61 bits per heavy atom. The van der Waals surface area contributed by atoms with Gasteiger partial charge in [-0.15, -0.1) is 0 Å². The zero-order chi connectivity index (χ0) is 20.7. The van der Waals surface area contributed by atoms with Gasteiger partial charge in [0.05, 0.1) is 6.54 Å². The van der Waals surface area contributed by atoms with E-state index < -0.39 is 35.1 Å². The van der Waals surface area contributed by atoms with Gasteiger partial charge in [-0.05, 0) is 31.4 Å². The second-order valence-electron chi connectivity index (χ2n) is 6.77. The summed E-state index contributed by atoms with van der Waals surface area (Å²) in [7, 11) is -4.41. The molecule has 0 bridgehead atoms. The van der Waals surface area contributed by atoms with Crippen LogP contribution in [0.25, 0.3) is 5.52 Å². The van der Waals surface area contributed by atoms with Crippen molar-refractivity contribution in [1.82, 2.24) is 18.9 Å². The molecule has 9 nitrogen and oxygen atoms in total. The number of hydrogen-bond donors (Lipinski definition) is 2. The van der Waals surface area contributed by atoms with Gasteiger partial charge in [0.1, 0.15) is 11.8 Å². The second kappa shape index (κ2) is 7.46. The van der Waals surface area contributed by atoms with Gasteiger partial charge in [0.25, 0.3) is 10.2 Å². The van der Waals surface area contributed by atoms with E-state index >= 15 is 0 Å². The number of piperidine rings is 1. The lowest BCUT2D eigenvalue weighted by atomic mass is 10.0. The number of aryl methyl sites for hydroxylation is 1. The number of nitrogens with zero attached hydrogens (tertiary/aromatic N) is 5. The molecule has 0 spiro atoms. The van der Waals surface area contributed by atoms with Crippen molar-refractivity contribution in [1.29, 1.82) is 0 Å². The first kappa shape index (κ1) is 20.8. The average Bonchev–Trinajstić information content (AvgIpc) is 2.99. The van der Waals surface area contributed by atoms with Crippen LogP contribution in [-0.2, 0) is 10.2 Å². The zero-order valence-electron chi connectivity index (χ0n) is 15.0. The molecule has 0 radical (unpaired) electrons. The predicted molar refractivity (Wildman–Crippen MR) is 94.8 cm³/mol. The largest absolute Gasteiger partial charge is 0.415 e. The second-order valence-corrected chi connectivity index (χ2v) is 8.26. The van der Waals surface area contributed by atoms with Crippen LogP contribution in [0.4, 0.5) is 19.0 Å². The summed E-state index contributed by atoms with van der Waals surface area (Å²) < 4.78 is 63.9. The lowest BCUT2D eigenvalue weighted by Gasteiger charge is -2.38. The van der Waals surface area contributed by atoms with E-state index in [1.807, 2.05) is 17.9 Å². The minimum atomic E-state index is -4.93. The molecule has 3 heterocycles. The van der Waals surface area contributed by atoms with Crippen LogP contribution in [0.3, 0.4) is 0 Å². The molecule has 13 heteroatoms. The van der Waals surface area contributed by atoms with Gasteiger partial charge in [0.15, 0.2) is 11.9 Å². The number of alkyl halides is 3. The minimum absolute atomic E-state index is 0.247. The topological polar surface area (TPSA) is 117 Å². The van der Waals surface area contributed by atoms with Crippen LogP contribution < -0.4 is 10.0 Å². The lowest BCUT2D eigenvalue weighted by molar-refractivity contribution is -0.206. The highest BCUT2D eigenvalue weighted by Crippen LogP contribution is 2.28. The van der Waals surface area contributed by atoms with Gasteiger partial charge in [-0.3, -0.25) is 0 Å². The summed E-state index contributed by atoms with van der Waals surface area (Å²) in [6.07, 6.45) is -4.03. The molecule has 2 aromatic rings. The van der Waals surface area contributed by atoms with Crippen molar-refractivity contribution in [2.45, 2.75) is 38.1 Å². The number of aromatic nitrogens is 3. The molecule has 1 aliphatic rings. The van der Waals surface area contributed by atoms with E-state index in [9.17, 15) is 26.7 Å². The number of nitrogens with two attached hydrogens (primary N) is 1. The first-order chi connectivity index (χ1) is 13.0. The van der Waals surface area contributed by atoms with Crippen LogP contribution in [0.5, 0.6) is 0 Å². The molecule has 1 saturated heterocycles. The van der Waals surface area contributed by atoms with Crippen LogP contribution in [0, 0.1) is 6.92 Å². The number of halogens is 3. The van der Waals surface area contributed by atoms with Crippen molar-refractivity contribution in [3.05, 3.63) is 24.2 Å². The third-order valence-electron chi connectivity index (χ3n) is 4.87. The summed E-state index contributed by atoms with van der Waals surface area (Å²) in [6.45, 7) is 1.53. The molecule has 3 rings (SSSR count). The van der Waals surface area contributed by atoms with E-state index in [-0.39, 0.29) is 12.8 Å². The lowest BCUT2D eigenvalue weighted by Crippen LogP contribution is -2.53. The van der Waals surface area contributed by atoms with Crippen LogP contribution >= 0.6 is 0 Å². The van der Waals surface area contributed by atoms with Crippen molar-refractivity contribution in [2.24, 2.45) is 5.14 Å². The van der Waals surface area contributed by atoms with Crippen LogP contribution in [0.1, 0.15) is 18.4 Å². The van der Waals surface area contributed by atoms with E-state index in [2.05, 4.69) is 10.1 Å². The third kappa shape index (κ3) is 4.21. The number of anilines is 1. The van der Waals surface area contributed by atoms with Gasteiger partial charge in [-0.1, -0.05) is 0 Å². The Morgan fingerprint density at radius 1 is 1.39 bits per heavy atom. The molecule has 1 aliphatic heterocycles. The summed E-state index contributed by atoms with van der Waals surface area (Å²) >= 11 is 0. The van der Waals surface area contributed by atoms with E-state index in [0.717, 1.165) is 11.1 Å². The fourth-order valence-corrected chi connectivity index (χ4v) is 4.40. The van der Waals surface area contributed by atoms with Gasteiger partial charge >= 0.3 is 6.18 Å². The first-order valence-electron chi connectivity index (χ1n) is 8.56. The maximum atomic E-state index is 12.7. The highest BCUT2D eigenvalue weighted by Gasteiger charge is 2.43. The van der Waals surface area contributed by atoms with Crippen molar-refractivity contribution in [2.75, 3.05) is 24.5 Å². The molecule has 1 atom stereocenters. The number of fused-ring (bicyclic) bond motifs is 1. The molecule has 0 amide bonds. The Bertz CT molecular complexity index is 940. The molecule has 0 aliphatic carbocycles. The van der Waals surface area contributed by atoms with Crippen LogP contribution in [-0.4, -0.2) is 70.4 Å². The van der Waals surface area contributed by atoms with Crippen molar-refractivity contribution < 1.29 is 26.7 Å². The standard InChI is InChI=1S/C15H21F3N6O3S/c1-10-2-7-23-13(10)14(20-9-21-23)22-5-3-11(4-6-22)24(28(19,26)27)8-12(25)15(16,17)18/h2,7,9,11-12,25H,3-6,8H2,1H3,(H2,19,26,27). The SMILES string of the molecule is Cc1ccn2ncnc(N3CCC(N(CC(O)C(F)(F)F)S(N)(=O)=O)CC3)c12. The van der Waals surface area contributed by atoms with Gasteiger partial charge < -0.3 is 10.0 Å². The van der Waals surface area contributed by atoms with E-state index in [1.165, 1.54) is 6.33 Å². The molecular formula is C15H21F3N6O3S. The van der Waals surface area contributed by atoms with Crippen LogP contribution in [0.2, 0.25) is 0 Å². The van der Waals surface area contributed by atoms with Gasteiger partial charge in [-0.25, -0.2) is 14.6 Å². The number of rotatable bonds is 5. The smallest absolute Gasteiger partial charge is 0.382 e. The molecule has 3 N–H and O–H groups in total. The molecule has 156 valence electrons. The Kier molecular flexibility index (Phi) is 5.53. The fraction of sp³-hybridized carbons (Fsp3) is 0.600. The van der Waals surface area contributed by atoms with Crippen molar-refractivity contribution in [3.8, 4) is 0 Å². The number of aliphatic hydroxyl groups excluding tert-OH is 1. The van der Waals surface area contributed by atoms with Crippen molar-refractivity contribution in [3.63, 3.8) is 0 Å². The Balaban J connectivity index is 1.76. The summed E-state index contributed by atoms with van der Waals surface area (Å²) in [5.41, 5.74) is 1.79. The maximum absolute atomic E-state index is 12.7.